The molecule has 6 aromatic rings. The molecule has 0 aliphatic carbocycles. The van der Waals surface area contributed by atoms with Crippen LogP contribution in [0.4, 0.5) is 17.1 Å². The molecule has 37 heavy (non-hydrogen) atoms. The van der Waals surface area contributed by atoms with Crippen molar-refractivity contribution in [2.75, 3.05) is 4.90 Å². The van der Waals surface area contributed by atoms with Crippen molar-refractivity contribution in [2.45, 2.75) is 29.4 Å². The maximum absolute atomic E-state index is 6.66. The van der Waals surface area contributed by atoms with E-state index >= 15 is 0 Å². The lowest BCUT2D eigenvalue weighted by atomic mass is 10.0. The average molecular weight is 514 g/mol. The lowest BCUT2D eigenvalue weighted by molar-refractivity contribution is 0.672. The standard InChI is InChI=1S/C33H27NOSSi/c1-37(2,3)31-17-9-12-26-25-11-8-10-24(32(25)35-33(26)31)22-18-20-23(21-19-22)34-27-13-4-6-15-29(27)36-30-16-7-5-14-28(30)34/h4-21H,1-3H3. The third-order valence-corrected chi connectivity index (χ3v) is 10.3. The first-order chi connectivity index (χ1) is 18.0. The van der Waals surface area contributed by atoms with E-state index in [1.807, 2.05) is 11.8 Å². The first-order valence-corrected chi connectivity index (χ1v) is 17.0. The molecule has 1 aromatic heterocycles. The van der Waals surface area contributed by atoms with Crippen LogP contribution < -0.4 is 10.1 Å². The average Bonchev–Trinajstić information content (AvgIpc) is 3.30. The summed E-state index contributed by atoms with van der Waals surface area (Å²) in [6, 6.07) is 39.3. The number of para-hydroxylation sites is 4. The predicted octanol–water partition coefficient (Wildman–Crippen LogP) is 9.73. The number of rotatable bonds is 3. The molecule has 0 radical (unpaired) electrons. The minimum Gasteiger partial charge on any atom is -0.456 e. The maximum Gasteiger partial charge on any atom is 0.143 e. The number of nitrogens with zero attached hydrogens (tertiary/aromatic N) is 1. The molecular weight excluding hydrogens is 487 g/mol. The van der Waals surface area contributed by atoms with Crippen molar-refractivity contribution in [1.82, 2.24) is 0 Å². The zero-order chi connectivity index (χ0) is 25.1. The van der Waals surface area contributed by atoms with Crippen LogP contribution in [0, 0.1) is 0 Å². The van der Waals surface area contributed by atoms with Crippen LogP contribution in [0.1, 0.15) is 0 Å². The molecule has 4 heteroatoms. The zero-order valence-electron chi connectivity index (χ0n) is 21.2. The van der Waals surface area contributed by atoms with Gasteiger partial charge in [0.15, 0.2) is 0 Å². The van der Waals surface area contributed by atoms with Crippen LogP contribution in [0.2, 0.25) is 19.6 Å². The van der Waals surface area contributed by atoms with Crippen molar-refractivity contribution in [3.05, 3.63) is 109 Å². The van der Waals surface area contributed by atoms with Crippen molar-refractivity contribution in [3.8, 4) is 11.1 Å². The summed E-state index contributed by atoms with van der Waals surface area (Å²) in [5, 5.41) is 3.78. The van der Waals surface area contributed by atoms with Crippen molar-refractivity contribution in [3.63, 3.8) is 0 Å². The largest absolute Gasteiger partial charge is 0.456 e. The smallest absolute Gasteiger partial charge is 0.143 e. The van der Waals surface area contributed by atoms with Crippen molar-refractivity contribution in [2.24, 2.45) is 0 Å². The molecule has 0 N–H and O–H groups in total. The summed E-state index contributed by atoms with van der Waals surface area (Å²) >= 11 is 1.84. The molecule has 1 aliphatic heterocycles. The monoisotopic (exact) mass is 513 g/mol. The number of anilines is 3. The third kappa shape index (κ3) is 3.63. The van der Waals surface area contributed by atoms with Gasteiger partial charge in [-0.2, -0.15) is 0 Å². The molecule has 5 aromatic carbocycles. The van der Waals surface area contributed by atoms with Gasteiger partial charge in [-0.15, -0.1) is 0 Å². The van der Waals surface area contributed by atoms with Crippen LogP contribution >= 0.6 is 11.8 Å². The number of hydrogen-bond acceptors (Lipinski definition) is 3. The van der Waals surface area contributed by atoms with E-state index in [0.29, 0.717) is 0 Å². The Bertz CT molecular complexity index is 1750. The van der Waals surface area contributed by atoms with Gasteiger partial charge in [0.2, 0.25) is 0 Å². The van der Waals surface area contributed by atoms with Gasteiger partial charge in [-0.1, -0.05) is 104 Å². The van der Waals surface area contributed by atoms with E-state index in [2.05, 4.69) is 134 Å². The molecule has 0 saturated heterocycles. The van der Waals surface area contributed by atoms with Gasteiger partial charge in [0.25, 0.3) is 0 Å². The van der Waals surface area contributed by atoms with Gasteiger partial charge in [-0.05, 0) is 47.1 Å². The second-order valence-corrected chi connectivity index (χ2v) is 16.8. The Labute approximate surface area is 222 Å². The summed E-state index contributed by atoms with van der Waals surface area (Å²) in [5.74, 6) is 0. The fraction of sp³-hybridized carbons (Fsp3) is 0.0909. The Morgan fingerprint density at radius 2 is 1.19 bits per heavy atom. The van der Waals surface area contributed by atoms with E-state index in [1.165, 1.54) is 37.1 Å². The van der Waals surface area contributed by atoms with Crippen molar-refractivity contribution >= 4 is 64.0 Å². The molecule has 0 bridgehead atoms. The summed E-state index contributed by atoms with van der Waals surface area (Å²) < 4.78 is 6.66. The maximum atomic E-state index is 6.66. The molecule has 2 heterocycles. The zero-order valence-corrected chi connectivity index (χ0v) is 23.0. The van der Waals surface area contributed by atoms with E-state index in [0.717, 1.165) is 28.0 Å². The van der Waals surface area contributed by atoms with Gasteiger partial charge in [-0.3, -0.25) is 0 Å². The highest BCUT2D eigenvalue weighted by atomic mass is 32.2. The Morgan fingerprint density at radius 3 is 1.84 bits per heavy atom. The highest BCUT2D eigenvalue weighted by molar-refractivity contribution is 7.99. The molecule has 180 valence electrons. The van der Waals surface area contributed by atoms with Crippen LogP contribution in [0.3, 0.4) is 0 Å². The minimum absolute atomic E-state index is 0.973. The van der Waals surface area contributed by atoms with Gasteiger partial charge >= 0.3 is 0 Å². The molecular formula is C33H27NOSSi. The summed E-state index contributed by atoms with van der Waals surface area (Å²) in [6.07, 6.45) is 0. The van der Waals surface area contributed by atoms with Gasteiger partial charge in [0, 0.05) is 31.8 Å². The first kappa shape index (κ1) is 22.5. The van der Waals surface area contributed by atoms with Crippen molar-refractivity contribution < 1.29 is 4.42 Å². The summed E-state index contributed by atoms with van der Waals surface area (Å²) in [7, 11) is -1.54. The Morgan fingerprint density at radius 1 is 0.595 bits per heavy atom. The van der Waals surface area contributed by atoms with E-state index in [9.17, 15) is 0 Å². The Hall–Kier alpha value is -3.73. The van der Waals surface area contributed by atoms with Crippen LogP contribution in [-0.4, -0.2) is 8.07 Å². The number of benzene rings is 5. The Balaban J connectivity index is 1.36. The molecule has 0 atom stereocenters. The minimum atomic E-state index is -1.54. The second kappa shape index (κ2) is 8.40. The number of furan rings is 1. The van der Waals surface area contributed by atoms with Crippen LogP contribution in [0.15, 0.2) is 123 Å². The number of hydrogen-bond donors (Lipinski definition) is 0. The van der Waals surface area contributed by atoms with Gasteiger partial charge in [0.1, 0.15) is 11.2 Å². The van der Waals surface area contributed by atoms with Gasteiger partial charge in [0.05, 0.1) is 19.4 Å². The fourth-order valence-electron chi connectivity index (χ4n) is 5.41. The van der Waals surface area contributed by atoms with Crippen LogP contribution in [0.25, 0.3) is 33.1 Å². The quantitative estimate of drug-likeness (QED) is 0.219. The SMILES string of the molecule is C[Si](C)(C)c1cccc2c1oc1c(-c3ccc(N4c5ccccc5Sc5ccccc54)cc3)cccc12. The molecule has 0 saturated carbocycles. The fourth-order valence-corrected chi connectivity index (χ4v) is 7.93. The normalized spacial score (nSPS) is 13.1. The molecule has 0 amide bonds. The molecule has 0 spiro atoms. The summed E-state index contributed by atoms with van der Waals surface area (Å²) in [6.45, 7) is 7.14. The molecule has 0 unspecified atom stereocenters. The second-order valence-electron chi connectivity index (χ2n) is 10.6. The highest BCUT2D eigenvalue weighted by Crippen LogP contribution is 2.51. The number of fused-ring (bicyclic) bond motifs is 5. The molecule has 1 aliphatic rings. The third-order valence-electron chi connectivity index (χ3n) is 7.20. The predicted molar refractivity (Wildman–Crippen MR) is 161 cm³/mol. The lowest BCUT2D eigenvalue weighted by Crippen LogP contribution is -2.37. The molecule has 7 rings (SSSR count). The highest BCUT2D eigenvalue weighted by Gasteiger charge is 2.25. The van der Waals surface area contributed by atoms with Crippen molar-refractivity contribution in [1.29, 1.82) is 0 Å². The lowest BCUT2D eigenvalue weighted by Gasteiger charge is -2.32. The van der Waals surface area contributed by atoms with E-state index in [1.54, 1.807) is 0 Å². The summed E-state index contributed by atoms with van der Waals surface area (Å²) in [4.78, 5) is 4.92. The Kier molecular flexibility index (Phi) is 5.10. The molecule has 2 nitrogen and oxygen atoms in total. The molecule has 0 fully saturated rings. The van der Waals surface area contributed by atoms with E-state index in [4.69, 9.17) is 4.42 Å². The van der Waals surface area contributed by atoms with Crippen LogP contribution in [0.5, 0.6) is 0 Å². The van der Waals surface area contributed by atoms with E-state index in [-0.39, 0.29) is 0 Å². The summed E-state index contributed by atoms with van der Waals surface area (Å²) in [5.41, 5.74) is 7.92. The first-order valence-electron chi connectivity index (χ1n) is 12.7. The van der Waals surface area contributed by atoms with Gasteiger partial charge < -0.3 is 9.32 Å². The topological polar surface area (TPSA) is 16.4 Å². The van der Waals surface area contributed by atoms with E-state index < -0.39 is 8.07 Å². The van der Waals surface area contributed by atoms with Gasteiger partial charge in [-0.25, -0.2) is 0 Å². The van der Waals surface area contributed by atoms with Crippen LogP contribution in [-0.2, 0) is 0 Å².